The molecule has 7 rings (SSSR count). The van der Waals surface area contributed by atoms with Gasteiger partial charge in [0.1, 0.15) is 48.5 Å². The number of aliphatic hydroxyl groups is 2. The summed E-state index contributed by atoms with van der Waals surface area (Å²) in [7, 11) is -7.07. The van der Waals surface area contributed by atoms with Crippen molar-refractivity contribution in [2.75, 3.05) is 38.9 Å². The van der Waals surface area contributed by atoms with Gasteiger partial charge >= 0.3 is 15.6 Å². The minimum atomic E-state index is -4.60. The zero-order valence-electron chi connectivity index (χ0n) is 24.3. The number of nitrogens with zero attached hydrogens (tertiary/aromatic N) is 7. The molecule has 4 aromatic rings. The van der Waals surface area contributed by atoms with E-state index in [1.807, 2.05) is 0 Å². The molecule has 0 aromatic carbocycles. The fourth-order valence-corrected chi connectivity index (χ4v) is 7.72. The highest BCUT2D eigenvalue weighted by atomic mass is 31.2. The predicted octanol–water partition coefficient (Wildman–Crippen LogP) is -0.397. The summed E-state index contributed by atoms with van der Waals surface area (Å²) >= 11 is 0. The number of fused-ring (bicyclic) bond motifs is 5. The molecule has 0 radical (unpaired) electrons. The first-order valence-corrected chi connectivity index (χ1v) is 16.7. The van der Waals surface area contributed by atoms with Gasteiger partial charge in [-0.25, -0.2) is 29.1 Å². The number of nitrogens with one attached hydrogen (secondary N) is 1. The van der Waals surface area contributed by atoms with Crippen molar-refractivity contribution >= 4 is 49.7 Å². The summed E-state index contributed by atoms with van der Waals surface area (Å²) in [5.74, 6) is -0.163. The van der Waals surface area contributed by atoms with Crippen LogP contribution in [0, 0.1) is 0 Å². The Morgan fingerprint density at radius 1 is 0.854 bits per heavy atom. The lowest BCUT2D eigenvalue weighted by molar-refractivity contribution is -0.0690. The van der Waals surface area contributed by atoms with E-state index < -0.39 is 83.5 Å². The maximum absolute atomic E-state index is 13.9. The van der Waals surface area contributed by atoms with Crippen LogP contribution < -0.4 is 17.0 Å². The average Bonchev–Trinajstić information content (AvgIpc) is 3.81. The molecule has 7 heterocycles. The zero-order chi connectivity index (χ0) is 33.2. The number of phosphoric acid groups is 2. The highest BCUT2D eigenvalue weighted by Gasteiger charge is 2.54. The second-order valence-corrected chi connectivity index (χ2v) is 13.9. The molecule has 23 nitrogen and oxygen atoms in total. The van der Waals surface area contributed by atoms with E-state index >= 15 is 0 Å². The number of aromatic nitrogens is 8. The molecular formula is C23H32N10O13P2. The molecule has 3 fully saturated rings. The van der Waals surface area contributed by atoms with Gasteiger partial charge in [-0.15, -0.1) is 0 Å². The molecule has 3 aliphatic heterocycles. The van der Waals surface area contributed by atoms with Gasteiger partial charge in [-0.05, 0) is 0 Å². The van der Waals surface area contributed by atoms with Crippen LogP contribution in [0.25, 0.3) is 22.3 Å². The number of nitrogens with two attached hydrogens (primary N) is 2. The lowest BCUT2D eigenvalue weighted by Gasteiger charge is -2.27. The number of aliphatic hydroxyl groups excluding tert-OH is 2. The van der Waals surface area contributed by atoms with Crippen molar-refractivity contribution in [1.82, 2.24) is 39.0 Å². The number of phosphoric ester groups is 2. The number of aromatic amines is 1. The summed E-state index contributed by atoms with van der Waals surface area (Å²) < 4.78 is 74.9. The van der Waals surface area contributed by atoms with Gasteiger partial charge in [0.05, 0.1) is 25.9 Å². The number of imidazole rings is 2. The molecule has 4 unspecified atom stereocenters. The monoisotopic (exact) mass is 718 g/mol. The molecule has 0 aliphatic carbocycles. The number of hydrogen-bond donors (Lipinski definition) is 5. The van der Waals surface area contributed by atoms with Crippen LogP contribution in [0.2, 0.25) is 0 Å². The van der Waals surface area contributed by atoms with Gasteiger partial charge in [0.25, 0.3) is 5.56 Å². The molecule has 0 saturated carbocycles. The summed E-state index contributed by atoms with van der Waals surface area (Å²) in [6, 6.07) is 0. The molecule has 10 atom stereocenters. The highest BCUT2D eigenvalue weighted by Crippen LogP contribution is 2.57. The third-order valence-electron chi connectivity index (χ3n) is 7.75. The van der Waals surface area contributed by atoms with Gasteiger partial charge in [0.2, 0.25) is 5.95 Å². The second kappa shape index (κ2) is 12.8. The molecular weight excluding hydrogens is 686 g/mol. The molecule has 0 amide bonds. The van der Waals surface area contributed by atoms with Crippen LogP contribution in [0.5, 0.6) is 0 Å². The summed E-state index contributed by atoms with van der Waals surface area (Å²) in [6.07, 6.45) is -7.88. The number of ether oxygens (including phenoxy) is 2. The van der Waals surface area contributed by atoms with Crippen molar-refractivity contribution in [2.24, 2.45) is 0 Å². The van der Waals surface area contributed by atoms with Gasteiger partial charge in [-0.1, -0.05) is 7.43 Å². The maximum atomic E-state index is 13.9. The van der Waals surface area contributed by atoms with Gasteiger partial charge < -0.3 is 31.2 Å². The van der Waals surface area contributed by atoms with Crippen LogP contribution in [-0.2, 0) is 45.7 Å². The minimum absolute atomic E-state index is 0. The number of hydrogen-bond acceptors (Lipinski definition) is 20. The lowest BCUT2D eigenvalue weighted by Crippen LogP contribution is -2.36. The Labute approximate surface area is 269 Å². The van der Waals surface area contributed by atoms with Crippen molar-refractivity contribution in [3.8, 4) is 0 Å². The number of nitrogen functional groups attached to an aromatic ring is 2. The minimum Gasteiger partial charge on any atom is -0.387 e. The van der Waals surface area contributed by atoms with E-state index in [-0.39, 0.29) is 41.5 Å². The van der Waals surface area contributed by atoms with Crippen LogP contribution in [0.1, 0.15) is 19.9 Å². The van der Waals surface area contributed by atoms with E-state index in [2.05, 4.69) is 29.9 Å². The van der Waals surface area contributed by atoms with E-state index in [1.54, 1.807) is 0 Å². The van der Waals surface area contributed by atoms with E-state index in [0.29, 0.717) is 0 Å². The summed E-state index contributed by atoms with van der Waals surface area (Å²) in [4.78, 5) is 35.0. The quantitative estimate of drug-likeness (QED) is 0.168. The first kappa shape index (κ1) is 34.4. The molecule has 7 N–H and O–H groups in total. The molecule has 0 spiro atoms. The smallest absolute Gasteiger partial charge is 0.387 e. The molecule has 2 bridgehead atoms. The first-order chi connectivity index (χ1) is 22.4. The largest absolute Gasteiger partial charge is 0.475 e. The first-order valence-electron chi connectivity index (χ1n) is 13.7. The van der Waals surface area contributed by atoms with Crippen LogP contribution in [0.15, 0.2) is 23.8 Å². The third kappa shape index (κ3) is 5.80. The Morgan fingerprint density at radius 2 is 1.46 bits per heavy atom. The highest BCUT2D eigenvalue weighted by molar-refractivity contribution is 7.48. The van der Waals surface area contributed by atoms with E-state index in [9.17, 15) is 24.1 Å². The second-order valence-electron chi connectivity index (χ2n) is 10.5. The maximum Gasteiger partial charge on any atom is 0.475 e. The standard InChI is InChI=1S/C22H28N10O13P2.CH4/c1-38-46(36)40-3-8-12(33)15(21(42-8)32-7-28-11-18(32)29-22(24)30-19(11)35)45-47(37,39-2)41-4-9-14(44-46)13(34)20(43-9)31-6-27-10-16(23)25-5-26-17(10)31;/h5-9,12-15,20-21,33-34H,3-4H2,1-2H3,(H2,23,25,26)(H3,24,29,30,35);1H4/t8-,9-,12+,13?,14+,15?,20-,21-,46?,47?;/m1./s1. The normalized spacial score (nSPS) is 35.8. The molecule has 4 aromatic heterocycles. The van der Waals surface area contributed by atoms with Gasteiger partial charge in [-0.2, -0.15) is 4.98 Å². The third-order valence-corrected chi connectivity index (χ3v) is 10.6. The van der Waals surface area contributed by atoms with Gasteiger partial charge in [0.15, 0.2) is 35.1 Å². The Morgan fingerprint density at radius 3 is 2.15 bits per heavy atom. The topological polar surface area (TPSA) is 308 Å². The van der Waals surface area contributed by atoms with Crippen LogP contribution >= 0.6 is 15.6 Å². The molecule has 25 heteroatoms. The molecule has 48 heavy (non-hydrogen) atoms. The van der Waals surface area contributed by atoms with E-state index in [0.717, 1.165) is 14.2 Å². The van der Waals surface area contributed by atoms with Crippen molar-refractivity contribution in [3.05, 3.63) is 29.3 Å². The van der Waals surface area contributed by atoms with Gasteiger partial charge in [0, 0.05) is 14.2 Å². The molecule has 3 saturated heterocycles. The van der Waals surface area contributed by atoms with Crippen molar-refractivity contribution in [3.63, 3.8) is 0 Å². The number of rotatable bonds is 4. The van der Waals surface area contributed by atoms with Crippen molar-refractivity contribution < 1.29 is 56.0 Å². The zero-order valence-corrected chi connectivity index (χ0v) is 26.1. The predicted molar refractivity (Wildman–Crippen MR) is 160 cm³/mol. The Bertz CT molecular complexity index is 1970. The fraction of sp³-hybridized carbons (Fsp3) is 0.565. The fourth-order valence-electron chi connectivity index (χ4n) is 5.47. The Hall–Kier alpha value is -3.44. The Balaban J connectivity index is 0.00000401. The Kier molecular flexibility index (Phi) is 9.17. The van der Waals surface area contributed by atoms with Crippen LogP contribution in [0.4, 0.5) is 11.8 Å². The van der Waals surface area contributed by atoms with Crippen molar-refractivity contribution in [1.29, 1.82) is 0 Å². The lowest BCUT2D eigenvalue weighted by atomic mass is 10.1. The van der Waals surface area contributed by atoms with E-state index in [1.165, 1.54) is 28.1 Å². The van der Waals surface area contributed by atoms with Crippen molar-refractivity contribution in [2.45, 2.75) is 56.5 Å². The molecule has 3 aliphatic rings. The number of anilines is 2. The van der Waals surface area contributed by atoms with Gasteiger partial charge in [-0.3, -0.25) is 46.1 Å². The summed E-state index contributed by atoms with van der Waals surface area (Å²) in [5, 5.41) is 22.6. The number of H-pyrrole nitrogens is 1. The SMILES string of the molecule is C.COP1(=O)OC[C@H]2O[C@@H](n3cnc4c(N)ncnc43)C(O)[C@H]2OP(=O)(OC)OC[C@H]2O[C@@H](n3cnc4c(=O)[nH]c(N)nc43)C(O1)[C@H]2O. The average molecular weight is 719 g/mol. The van der Waals surface area contributed by atoms with Crippen LogP contribution in [0.3, 0.4) is 0 Å². The van der Waals surface area contributed by atoms with E-state index in [4.69, 9.17) is 48.1 Å². The summed E-state index contributed by atoms with van der Waals surface area (Å²) in [6.45, 7) is -1.28. The molecule has 262 valence electrons. The van der Waals surface area contributed by atoms with Crippen LogP contribution in [-0.4, -0.2) is 113 Å². The summed E-state index contributed by atoms with van der Waals surface area (Å²) in [5.41, 5.74) is 11.2.